The van der Waals surface area contributed by atoms with Gasteiger partial charge in [0.1, 0.15) is 0 Å². The fraction of sp³-hybridized carbons (Fsp3) is 0.174. The Morgan fingerprint density at radius 1 is 0.473 bits per heavy atom. The van der Waals surface area contributed by atoms with Crippen molar-refractivity contribution >= 4 is 21.8 Å². The van der Waals surface area contributed by atoms with Crippen LogP contribution in [-0.2, 0) is 51.7 Å². The van der Waals surface area contributed by atoms with Crippen molar-refractivity contribution in [3.05, 3.63) is 151 Å². The summed E-state index contributed by atoms with van der Waals surface area (Å²) in [7, 11) is 0. The van der Waals surface area contributed by atoms with Gasteiger partial charge in [0.2, 0.25) is 5.95 Å². The molecule has 0 aliphatic heterocycles. The molecule has 4 heterocycles. The molecule has 0 spiro atoms. The van der Waals surface area contributed by atoms with E-state index in [0.717, 1.165) is 55.4 Å². The smallest absolute Gasteiger partial charge is 0.503 e. The second-order valence-electron chi connectivity index (χ2n) is 14.9. The van der Waals surface area contributed by atoms with Gasteiger partial charge in [0, 0.05) is 47.8 Å². The van der Waals surface area contributed by atoms with E-state index in [0.29, 0.717) is 28.9 Å². The van der Waals surface area contributed by atoms with Crippen LogP contribution in [-0.4, -0.2) is 24.5 Å². The van der Waals surface area contributed by atoms with Gasteiger partial charge >= 0.3 is 40.8 Å². The molecular formula is C46H37N5O2Pd2. The first-order chi connectivity index (χ1) is 25.5. The summed E-state index contributed by atoms with van der Waals surface area (Å²) < 4.78 is 15.2. The van der Waals surface area contributed by atoms with Crippen molar-refractivity contribution in [2.75, 3.05) is 0 Å². The molecule has 0 saturated carbocycles. The van der Waals surface area contributed by atoms with Crippen LogP contribution >= 0.6 is 0 Å². The Hall–Kier alpha value is -5.02. The van der Waals surface area contributed by atoms with Gasteiger partial charge in [-0.15, -0.1) is 71.8 Å². The fourth-order valence-electron chi connectivity index (χ4n) is 6.54. The molecule has 0 radical (unpaired) electrons. The SMILES string of the molecule is CC(C)(C)c1cc(Oc2[c-]c(-c3ccccn3)ccc2)[c-]c2c1c1c(C(C)(C)C)cc(Oc3[c-]c(-c4ccccn4)ccc3)[c-]c1n2-c1ncccn1.[Pd+2].[Pd+2]. The van der Waals surface area contributed by atoms with Crippen molar-refractivity contribution < 1.29 is 50.3 Å². The van der Waals surface area contributed by atoms with Crippen LogP contribution in [0.3, 0.4) is 0 Å². The average Bonchev–Trinajstić information content (AvgIpc) is 3.48. The summed E-state index contributed by atoms with van der Waals surface area (Å²) in [5.74, 6) is 2.70. The number of nitrogens with zero attached hydrogens (tertiary/aromatic N) is 5. The third kappa shape index (κ3) is 8.18. The molecule has 4 aromatic heterocycles. The molecule has 9 heteroatoms. The van der Waals surface area contributed by atoms with Crippen LogP contribution in [0.25, 0.3) is 50.3 Å². The predicted octanol–water partition coefficient (Wildman–Crippen LogP) is 11.1. The normalized spacial score (nSPS) is 11.5. The van der Waals surface area contributed by atoms with E-state index in [1.807, 2.05) is 83.4 Å². The standard InChI is InChI=1S/C46H37N5O2.2Pd/c1-45(2,3)36-26-34(52-32-16-11-14-30(24-32)38-18-7-9-20-47-38)28-40-42(36)43-37(46(4,5)6)27-35(29-41(43)51(40)44-49-22-13-23-50-44)53-33-17-12-15-31(25-33)39-19-8-10-21-48-39;;/h7-23,26-27H,1-6H3;;/q-4;2*+2. The maximum Gasteiger partial charge on any atom is 2.00 e. The Labute approximate surface area is 349 Å². The van der Waals surface area contributed by atoms with Crippen LogP contribution in [0, 0.1) is 24.3 Å². The van der Waals surface area contributed by atoms with Crippen molar-refractivity contribution in [3.63, 3.8) is 0 Å². The van der Waals surface area contributed by atoms with E-state index < -0.39 is 0 Å². The first kappa shape index (κ1) is 39.7. The van der Waals surface area contributed by atoms with E-state index in [-0.39, 0.29) is 51.7 Å². The number of fused-ring (bicyclic) bond motifs is 3. The van der Waals surface area contributed by atoms with E-state index in [1.165, 1.54) is 0 Å². The largest absolute Gasteiger partial charge is 2.00 e. The Morgan fingerprint density at radius 2 is 0.909 bits per heavy atom. The molecule has 55 heavy (non-hydrogen) atoms. The van der Waals surface area contributed by atoms with Gasteiger partial charge in [-0.1, -0.05) is 89.0 Å². The molecule has 8 rings (SSSR count). The molecule has 0 atom stereocenters. The fourth-order valence-corrected chi connectivity index (χ4v) is 6.54. The molecule has 278 valence electrons. The second kappa shape index (κ2) is 16.0. The molecule has 0 aliphatic carbocycles. The average molecular weight is 905 g/mol. The number of hydrogen-bond acceptors (Lipinski definition) is 6. The molecule has 0 saturated heterocycles. The summed E-state index contributed by atoms with van der Waals surface area (Å²) in [4.78, 5) is 18.5. The van der Waals surface area contributed by atoms with Crippen LogP contribution in [0.2, 0.25) is 0 Å². The van der Waals surface area contributed by atoms with E-state index in [9.17, 15) is 0 Å². The molecule has 4 aromatic carbocycles. The molecule has 0 N–H and O–H groups in total. The monoisotopic (exact) mass is 903 g/mol. The minimum absolute atomic E-state index is 0. The van der Waals surface area contributed by atoms with Crippen molar-refractivity contribution in [3.8, 4) is 51.5 Å². The molecule has 0 aliphatic rings. The van der Waals surface area contributed by atoms with Crippen LogP contribution in [0.5, 0.6) is 23.0 Å². The van der Waals surface area contributed by atoms with Gasteiger partial charge in [-0.2, -0.15) is 21.9 Å². The molecule has 0 bridgehead atoms. The predicted molar refractivity (Wildman–Crippen MR) is 209 cm³/mol. The van der Waals surface area contributed by atoms with E-state index >= 15 is 0 Å². The quantitative estimate of drug-likeness (QED) is 0.117. The molecular weight excluding hydrogens is 867 g/mol. The Bertz CT molecular complexity index is 2420. The van der Waals surface area contributed by atoms with Crippen LogP contribution < -0.4 is 9.47 Å². The van der Waals surface area contributed by atoms with Crippen molar-refractivity contribution in [1.29, 1.82) is 0 Å². The summed E-state index contributed by atoms with van der Waals surface area (Å²) in [6, 6.07) is 43.3. The number of benzene rings is 4. The number of rotatable bonds is 7. The van der Waals surface area contributed by atoms with Crippen LogP contribution in [0.1, 0.15) is 52.7 Å². The van der Waals surface area contributed by atoms with Crippen molar-refractivity contribution in [2.24, 2.45) is 0 Å². The van der Waals surface area contributed by atoms with E-state index in [4.69, 9.17) is 19.4 Å². The Morgan fingerprint density at radius 3 is 1.31 bits per heavy atom. The van der Waals surface area contributed by atoms with Crippen LogP contribution in [0.15, 0.2) is 116 Å². The van der Waals surface area contributed by atoms with Gasteiger partial charge in [0.05, 0.1) is 0 Å². The Balaban J connectivity index is 0.00000257. The molecule has 0 unspecified atom stereocenters. The van der Waals surface area contributed by atoms with Gasteiger partial charge in [0.15, 0.2) is 0 Å². The van der Waals surface area contributed by atoms with Gasteiger partial charge in [0.25, 0.3) is 0 Å². The molecule has 8 aromatic rings. The summed E-state index contributed by atoms with van der Waals surface area (Å²) in [6.07, 6.45) is 7.03. The van der Waals surface area contributed by atoms with Gasteiger partial charge in [-0.25, -0.2) is 9.97 Å². The van der Waals surface area contributed by atoms with E-state index in [1.54, 1.807) is 24.8 Å². The van der Waals surface area contributed by atoms with Gasteiger partial charge < -0.3 is 24.0 Å². The van der Waals surface area contributed by atoms with E-state index in [2.05, 4.69) is 87.9 Å². The first-order valence-electron chi connectivity index (χ1n) is 17.6. The summed E-state index contributed by atoms with van der Waals surface area (Å²) >= 11 is 0. The van der Waals surface area contributed by atoms with Gasteiger partial charge in [-0.05, 0) is 40.4 Å². The first-order valence-corrected chi connectivity index (χ1v) is 17.6. The maximum absolute atomic E-state index is 6.58. The van der Waals surface area contributed by atoms with Crippen molar-refractivity contribution in [2.45, 2.75) is 52.4 Å². The summed E-state index contributed by atoms with van der Waals surface area (Å²) in [6.45, 7) is 13.3. The van der Waals surface area contributed by atoms with Crippen LogP contribution in [0.4, 0.5) is 0 Å². The second-order valence-corrected chi connectivity index (χ2v) is 14.9. The number of aromatic nitrogens is 5. The number of pyridine rings is 2. The zero-order valence-electron chi connectivity index (χ0n) is 31.2. The number of ether oxygens (including phenoxy) is 2. The summed E-state index contributed by atoms with van der Waals surface area (Å²) in [5, 5.41) is 2.07. The minimum atomic E-state index is -0.285. The molecule has 7 nitrogen and oxygen atoms in total. The third-order valence-electron chi connectivity index (χ3n) is 8.97. The molecule has 0 fully saturated rings. The maximum atomic E-state index is 6.58. The third-order valence-corrected chi connectivity index (χ3v) is 8.97. The number of hydrogen-bond donors (Lipinski definition) is 0. The minimum Gasteiger partial charge on any atom is -0.503 e. The zero-order chi connectivity index (χ0) is 36.7. The Kier molecular flexibility index (Phi) is 11.5. The summed E-state index contributed by atoms with van der Waals surface area (Å²) in [5.41, 5.74) is 6.47. The topological polar surface area (TPSA) is 75.0 Å². The molecule has 0 amide bonds. The van der Waals surface area contributed by atoms with Gasteiger partial charge in [-0.3, -0.25) is 0 Å². The zero-order valence-corrected chi connectivity index (χ0v) is 34.3. The van der Waals surface area contributed by atoms with Crippen molar-refractivity contribution in [1.82, 2.24) is 24.5 Å².